The molecule has 45 heavy (non-hydrogen) atoms. The molecule has 0 aromatic carbocycles. The Balaban J connectivity index is 1.45. The standard InChI is InChI=1S/C29H35F5N8O3/c1-28(2,3)45-27(43)42-13-17(30)10-19(42)16-44-26-38-22-15-40(23-12-36-11-21(31)24(23)29(32,33)34)8-5-20(22)25(39-26)41-9-7-37-18(14-41)4-6-35/h11-12,17-19,37H,4-5,7-10,13-16H2,1-3H3. The molecule has 2 fully saturated rings. The molecular formula is C29H35F5N8O3. The van der Waals surface area contributed by atoms with Gasteiger partial charge in [-0.2, -0.15) is 28.4 Å². The SMILES string of the molecule is CC(C)(C)OC(=O)N1CC(F)CC1COc1nc2c(c(N3CCNC(CC#N)C3)n1)CCN(c1cncc(F)c1C(F)(F)F)C2. The van der Waals surface area contributed by atoms with Crippen molar-refractivity contribution in [3.63, 3.8) is 0 Å². The zero-order valence-corrected chi connectivity index (χ0v) is 25.2. The largest absolute Gasteiger partial charge is 0.461 e. The number of fused-ring (bicyclic) bond motifs is 1. The third-order valence-corrected chi connectivity index (χ3v) is 7.82. The Bertz CT molecular complexity index is 1450. The summed E-state index contributed by atoms with van der Waals surface area (Å²) >= 11 is 0. The number of carbonyl (C=O) groups excluding carboxylic acids is 1. The first-order valence-corrected chi connectivity index (χ1v) is 14.7. The second-order valence-electron chi connectivity index (χ2n) is 12.3. The summed E-state index contributed by atoms with van der Waals surface area (Å²) < 4.78 is 81.7. The van der Waals surface area contributed by atoms with Crippen LogP contribution < -0.4 is 19.9 Å². The highest BCUT2D eigenvalue weighted by Gasteiger charge is 2.41. The number of halogens is 5. The number of piperazine rings is 1. The van der Waals surface area contributed by atoms with Gasteiger partial charge in [-0.05, 0) is 27.2 Å². The molecule has 5 rings (SSSR count). The van der Waals surface area contributed by atoms with Crippen LogP contribution in [-0.2, 0) is 23.9 Å². The van der Waals surface area contributed by atoms with E-state index in [1.165, 1.54) is 9.80 Å². The Morgan fingerprint density at radius 1 is 1.16 bits per heavy atom. The van der Waals surface area contributed by atoms with Gasteiger partial charge >= 0.3 is 18.3 Å². The maximum atomic E-state index is 14.4. The van der Waals surface area contributed by atoms with E-state index in [9.17, 15) is 32.0 Å². The number of likely N-dealkylation sites (tertiary alicyclic amines) is 1. The number of amides is 1. The lowest BCUT2D eigenvalue weighted by Crippen LogP contribution is -2.51. The molecular weight excluding hydrogens is 603 g/mol. The molecule has 2 saturated heterocycles. The lowest BCUT2D eigenvalue weighted by atomic mass is 10.0. The van der Waals surface area contributed by atoms with Gasteiger partial charge in [-0.3, -0.25) is 9.88 Å². The second kappa shape index (κ2) is 12.8. The van der Waals surface area contributed by atoms with E-state index in [4.69, 9.17) is 9.47 Å². The molecule has 244 valence electrons. The number of carbonyl (C=O) groups is 1. The summed E-state index contributed by atoms with van der Waals surface area (Å²) in [6.45, 7) is 6.40. The molecule has 1 N–H and O–H groups in total. The Morgan fingerprint density at radius 2 is 1.93 bits per heavy atom. The molecule has 11 nitrogen and oxygen atoms in total. The van der Waals surface area contributed by atoms with Crippen LogP contribution in [-0.4, -0.2) is 89.1 Å². The van der Waals surface area contributed by atoms with Crippen molar-refractivity contribution in [1.82, 2.24) is 25.2 Å². The molecule has 3 aliphatic heterocycles. The van der Waals surface area contributed by atoms with Gasteiger partial charge < -0.3 is 24.6 Å². The number of hydrogen-bond donors (Lipinski definition) is 1. The van der Waals surface area contributed by atoms with E-state index in [0.717, 1.165) is 6.20 Å². The van der Waals surface area contributed by atoms with Crippen molar-refractivity contribution in [1.29, 1.82) is 5.26 Å². The predicted molar refractivity (Wildman–Crippen MR) is 152 cm³/mol. The van der Waals surface area contributed by atoms with Gasteiger partial charge in [0.15, 0.2) is 5.82 Å². The highest BCUT2D eigenvalue weighted by atomic mass is 19.4. The first-order valence-electron chi connectivity index (χ1n) is 14.7. The van der Waals surface area contributed by atoms with E-state index < -0.39 is 47.2 Å². The number of alkyl halides is 4. The van der Waals surface area contributed by atoms with E-state index >= 15 is 0 Å². The van der Waals surface area contributed by atoms with Crippen LogP contribution in [0.2, 0.25) is 0 Å². The van der Waals surface area contributed by atoms with E-state index in [0.29, 0.717) is 42.9 Å². The van der Waals surface area contributed by atoms with Crippen molar-refractivity contribution in [3.8, 4) is 12.1 Å². The molecule has 16 heteroatoms. The molecule has 0 bridgehead atoms. The van der Waals surface area contributed by atoms with Crippen LogP contribution in [0.4, 0.5) is 38.3 Å². The Morgan fingerprint density at radius 3 is 2.64 bits per heavy atom. The maximum absolute atomic E-state index is 14.4. The number of ether oxygens (including phenoxy) is 2. The van der Waals surface area contributed by atoms with Crippen molar-refractivity contribution in [2.24, 2.45) is 0 Å². The summed E-state index contributed by atoms with van der Waals surface area (Å²) in [5.74, 6) is -0.953. The highest BCUT2D eigenvalue weighted by Crippen LogP contribution is 2.40. The minimum absolute atomic E-state index is 0.0191. The van der Waals surface area contributed by atoms with Crippen molar-refractivity contribution >= 4 is 17.6 Å². The number of pyridine rings is 1. The van der Waals surface area contributed by atoms with Crippen LogP contribution in [0.5, 0.6) is 6.01 Å². The van der Waals surface area contributed by atoms with Gasteiger partial charge in [0.25, 0.3) is 0 Å². The number of nitrogens with one attached hydrogen (secondary N) is 1. The number of anilines is 2. The number of hydrogen-bond acceptors (Lipinski definition) is 10. The molecule has 3 aliphatic rings. The highest BCUT2D eigenvalue weighted by molar-refractivity contribution is 5.69. The lowest BCUT2D eigenvalue weighted by molar-refractivity contribution is -0.139. The fourth-order valence-corrected chi connectivity index (χ4v) is 5.86. The van der Waals surface area contributed by atoms with Gasteiger partial charge in [0, 0.05) is 44.2 Å². The quantitative estimate of drug-likeness (QED) is 0.465. The molecule has 0 aliphatic carbocycles. The molecule has 2 aromatic rings. The van der Waals surface area contributed by atoms with Crippen LogP contribution >= 0.6 is 0 Å². The molecule has 3 atom stereocenters. The number of nitriles is 1. The predicted octanol–water partition coefficient (Wildman–Crippen LogP) is 4.01. The molecule has 0 spiro atoms. The van der Waals surface area contributed by atoms with E-state index in [-0.39, 0.29) is 57.6 Å². The zero-order valence-electron chi connectivity index (χ0n) is 25.2. The van der Waals surface area contributed by atoms with E-state index in [1.807, 2.05) is 4.90 Å². The minimum atomic E-state index is -4.94. The fraction of sp³-hybridized carbons (Fsp3) is 0.621. The van der Waals surface area contributed by atoms with Gasteiger partial charge in [-0.1, -0.05) is 0 Å². The third kappa shape index (κ3) is 7.46. The molecule has 5 heterocycles. The lowest BCUT2D eigenvalue weighted by Gasteiger charge is -2.37. The van der Waals surface area contributed by atoms with Crippen molar-refractivity contribution < 1.29 is 36.2 Å². The second-order valence-corrected chi connectivity index (χ2v) is 12.3. The van der Waals surface area contributed by atoms with Crippen molar-refractivity contribution in [3.05, 3.63) is 35.0 Å². The zero-order chi connectivity index (χ0) is 32.5. The molecule has 0 saturated carbocycles. The number of nitrogens with zero attached hydrogens (tertiary/aromatic N) is 7. The number of rotatable bonds is 6. The molecule has 2 aromatic heterocycles. The van der Waals surface area contributed by atoms with Crippen molar-refractivity contribution in [2.75, 3.05) is 49.1 Å². The van der Waals surface area contributed by atoms with Gasteiger partial charge in [-0.15, -0.1) is 0 Å². The summed E-state index contributed by atoms with van der Waals surface area (Å²) in [6, 6.07) is 1.26. The normalized spacial score (nSPS) is 22.2. The Kier molecular flexibility index (Phi) is 9.20. The van der Waals surface area contributed by atoms with Crippen LogP contribution in [0.1, 0.15) is 50.4 Å². The van der Waals surface area contributed by atoms with Gasteiger partial charge in [0.05, 0.1) is 55.4 Å². The summed E-state index contributed by atoms with van der Waals surface area (Å²) in [5.41, 5.74) is -1.51. The van der Waals surface area contributed by atoms with Crippen LogP contribution in [0.3, 0.4) is 0 Å². The van der Waals surface area contributed by atoms with Gasteiger partial charge in [0.1, 0.15) is 29.8 Å². The summed E-state index contributed by atoms with van der Waals surface area (Å²) in [7, 11) is 0. The summed E-state index contributed by atoms with van der Waals surface area (Å²) in [6.07, 6.45) is -4.84. The van der Waals surface area contributed by atoms with Crippen molar-refractivity contribution in [2.45, 2.75) is 76.6 Å². The average molecular weight is 639 g/mol. The van der Waals surface area contributed by atoms with E-state index in [2.05, 4.69) is 26.3 Å². The van der Waals surface area contributed by atoms with E-state index in [1.54, 1.807) is 20.8 Å². The van der Waals surface area contributed by atoms with Crippen LogP contribution in [0.15, 0.2) is 12.4 Å². The third-order valence-electron chi connectivity index (χ3n) is 7.82. The first-order chi connectivity index (χ1) is 21.2. The molecule has 0 radical (unpaired) electrons. The minimum Gasteiger partial charge on any atom is -0.461 e. The average Bonchev–Trinajstić information content (AvgIpc) is 3.34. The van der Waals surface area contributed by atoms with Crippen LogP contribution in [0, 0.1) is 17.1 Å². The molecule has 1 amide bonds. The number of aromatic nitrogens is 3. The molecule has 3 unspecified atom stereocenters. The Hall–Kier alpha value is -4.00. The van der Waals surface area contributed by atoms with Gasteiger partial charge in [0.2, 0.25) is 0 Å². The summed E-state index contributed by atoms with van der Waals surface area (Å²) in [5, 5.41) is 12.5. The topological polar surface area (TPSA) is 120 Å². The van der Waals surface area contributed by atoms with Gasteiger partial charge in [-0.25, -0.2) is 13.6 Å². The maximum Gasteiger partial charge on any atom is 0.421 e. The summed E-state index contributed by atoms with van der Waals surface area (Å²) in [4.78, 5) is 30.2. The first kappa shape index (κ1) is 32.4. The Labute approximate surface area is 257 Å². The van der Waals surface area contributed by atoms with Crippen LogP contribution in [0.25, 0.3) is 0 Å². The monoisotopic (exact) mass is 638 g/mol. The smallest absolute Gasteiger partial charge is 0.421 e. The fourth-order valence-electron chi connectivity index (χ4n) is 5.86.